The number of halogens is 4. The van der Waals surface area contributed by atoms with E-state index in [2.05, 4.69) is 20.7 Å². The Morgan fingerprint density at radius 3 is 2.41 bits per heavy atom. The Morgan fingerprint density at radius 1 is 1.35 bits per heavy atom. The average Bonchev–Trinajstić information content (AvgIpc) is 2.25. The van der Waals surface area contributed by atoms with Crippen LogP contribution in [0.2, 0.25) is 0 Å². The van der Waals surface area contributed by atoms with Crippen molar-refractivity contribution in [1.29, 1.82) is 0 Å². The van der Waals surface area contributed by atoms with Gasteiger partial charge in [0.25, 0.3) is 0 Å². The monoisotopic (exact) mass is 319 g/mol. The molecule has 1 unspecified atom stereocenters. The van der Waals surface area contributed by atoms with Crippen LogP contribution in [0.5, 0.6) is 0 Å². The van der Waals surface area contributed by atoms with Crippen LogP contribution < -0.4 is 5.32 Å². The molecule has 0 rings (SSSR count). The first kappa shape index (κ1) is 16.2. The van der Waals surface area contributed by atoms with Gasteiger partial charge in [0, 0.05) is 6.54 Å². The summed E-state index contributed by atoms with van der Waals surface area (Å²) in [6.45, 7) is -0.0702. The van der Waals surface area contributed by atoms with Gasteiger partial charge in [-0.05, 0) is 19.3 Å². The number of hydrogen-bond acceptors (Lipinski definition) is 3. The predicted molar refractivity (Wildman–Crippen MR) is 57.6 cm³/mol. The number of alkyl halides is 4. The Balaban J connectivity index is 3.60. The SMILES string of the molecule is COC(=O)C(Br)CCCCNC(=O)C(F)(F)F. The Morgan fingerprint density at radius 2 is 1.94 bits per heavy atom. The average molecular weight is 320 g/mol. The molecule has 100 valence electrons. The lowest BCUT2D eigenvalue weighted by Gasteiger charge is -2.09. The molecule has 0 spiro atoms. The summed E-state index contributed by atoms with van der Waals surface area (Å²) >= 11 is 3.07. The van der Waals surface area contributed by atoms with Gasteiger partial charge in [-0.15, -0.1) is 0 Å². The molecule has 0 aliphatic heterocycles. The maximum atomic E-state index is 11.8. The minimum atomic E-state index is -4.84. The van der Waals surface area contributed by atoms with Gasteiger partial charge in [-0.1, -0.05) is 15.9 Å². The van der Waals surface area contributed by atoms with E-state index in [0.29, 0.717) is 19.3 Å². The summed E-state index contributed by atoms with van der Waals surface area (Å²) in [5.74, 6) is -2.37. The van der Waals surface area contributed by atoms with Crippen molar-refractivity contribution in [1.82, 2.24) is 5.32 Å². The largest absolute Gasteiger partial charge is 0.471 e. The Kier molecular flexibility index (Phi) is 7.17. The molecule has 0 radical (unpaired) electrons. The van der Waals surface area contributed by atoms with Crippen LogP contribution in [0.25, 0.3) is 0 Å². The fraction of sp³-hybridized carbons (Fsp3) is 0.778. The quantitative estimate of drug-likeness (QED) is 0.461. The zero-order chi connectivity index (χ0) is 13.5. The van der Waals surface area contributed by atoms with Gasteiger partial charge in [0.05, 0.1) is 7.11 Å². The van der Waals surface area contributed by atoms with Crippen molar-refractivity contribution >= 4 is 27.8 Å². The van der Waals surface area contributed by atoms with Crippen LogP contribution in [0.1, 0.15) is 19.3 Å². The van der Waals surface area contributed by atoms with Crippen LogP contribution >= 0.6 is 15.9 Å². The standard InChI is InChI=1S/C9H13BrF3NO3/c1-17-7(15)6(10)4-2-3-5-14-8(16)9(11,12)13/h6H,2-5H2,1H3,(H,14,16). The van der Waals surface area contributed by atoms with Crippen molar-refractivity contribution < 1.29 is 27.5 Å². The lowest BCUT2D eigenvalue weighted by atomic mass is 10.2. The summed E-state index contributed by atoms with van der Waals surface area (Å²) in [6.07, 6.45) is -3.54. The predicted octanol–water partition coefficient (Wildman–Crippen LogP) is 1.77. The summed E-state index contributed by atoms with van der Waals surface area (Å²) in [4.78, 5) is 20.9. The number of amides is 1. The molecule has 0 saturated carbocycles. The summed E-state index contributed by atoms with van der Waals surface area (Å²) in [6, 6.07) is 0. The van der Waals surface area contributed by atoms with Crippen LogP contribution in [0.15, 0.2) is 0 Å². The topological polar surface area (TPSA) is 55.4 Å². The second-order valence-electron chi connectivity index (χ2n) is 3.24. The number of rotatable bonds is 6. The minimum Gasteiger partial charge on any atom is -0.468 e. The van der Waals surface area contributed by atoms with E-state index in [1.54, 1.807) is 5.32 Å². The van der Waals surface area contributed by atoms with Crippen LogP contribution in [0, 0.1) is 0 Å². The highest BCUT2D eigenvalue weighted by Gasteiger charge is 2.38. The lowest BCUT2D eigenvalue weighted by molar-refractivity contribution is -0.173. The number of methoxy groups -OCH3 is 1. The molecule has 0 saturated heterocycles. The van der Waals surface area contributed by atoms with Gasteiger partial charge in [-0.25, -0.2) is 0 Å². The zero-order valence-electron chi connectivity index (χ0n) is 9.14. The molecule has 0 heterocycles. The third-order valence-corrected chi connectivity index (χ3v) is 2.72. The van der Waals surface area contributed by atoms with Gasteiger partial charge in [0.1, 0.15) is 4.83 Å². The van der Waals surface area contributed by atoms with E-state index >= 15 is 0 Å². The van der Waals surface area contributed by atoms with Crippen molar-refractivity contribution in [2.24, 2.45) is 0 Å². The smallest absolute Gasteiger partial charge is 0.468 e. The second kappa shape index (κ2) is 7.52. The highest BCUT2D eigenvalue weighted by molar-refractivity contribution is 9.10. The number of unbranched alkanes of at least 4 members (excludes halogenated alkanes) is 1. The maximum absolute atomic E-state index is 11.8. The molecular weight excluding hydrogens is 307 g/mol. The van der Waals surface area contributed by atoms with E-state index < -0.39 is 22.9 Å². The molecule has 0 aromatic rings. The molecule has 17 heavy (non-hydrogen) atoms. The van der Waals surface area contributed by atoms with E-state index in [0.717, 1.165) is 0 Å². The van der Waals surface area contributed by atoms with E-state index in [1.165, 1.54) is 7.11 Å². The van der Waals surface area contributed by atoms with E-state index in [4.69, 9.17) is 0 Å². The van der Waals surface area contributed by atoms with Crippen molar-refractivity contribution in [2.75, 3.05) is 13.7 Å². The van der Waals surface area contributed by atoms with Gasteiger partial charge < -0.3 is 10.1 Å². The summed E-state index contributed by atoms with van der Waals surface area (Å²) < 4.78 is 39.7. The van der Waals surface area contributed by atoms with E-state index in [-0.39, 0.29) is 6.54 Å². The van der Waals surface area contributed by atoms with Crippen molar-refractivity contribution in [3.8, 4) is 0 Å². The van der Waals surface area contributed by atoms with E-state index in [1.807, 2.05) is 0 Å². The number of carbonyl (C=O) groups is 2. The first-order chi connectivity index (χ1) is 7.79. The van der Waals surface area contributed by atoms with Crippen molar-refractivity contribution in [3.05, 3.63) is 0 Å². The minimum absolute atomic E-state index is 0.0702. The lowest BCUT2D eigenvalue weighted by Crippen LogP contribution is -2.37. The number of ether oxygens (including phenoxy) is 1. The third kappa shape index (κ3) is 7.19. The fourth-order valence-electron chi connectivity index (χ4n) is 0.996. The number of hydrogen-bond donors (Lipinski definition) is 1. The van der Waals surface area contributed by atoms with Crippen molar-refractivity contribution in [2.45, 2.75) is 30.3 Å². The second-order valence-corrected chi connectivity index (χ2v) is 4.35. The first-order valence-electron chi connectivity index (χ1n) is 4.86. The molecule has 1 atom stereocenters. The molecule has 0 aromatic carbocycles. The first-order valence-corrected chi connectivity index (χ1v) is 5.77. The van der Waals surface area contributed by atoms with Gasteiger partial charge in [0.2, 0.25) is 0 Å². The Hall–Kier alpha value is -0.790. The highest BCUT2D eigenvalue weighted by Crippen LogP contribution is 2.14. The van der Waals surface area contributed by atoms with Crippen molar-refractivity contribution in [3.63, 3.8) is 0 Å². The van der Waals surface area contributed by atoms with Gasteiger partial charge in [0.15, 0.2) is 0 Å². The van der Waals surface area contributed by atoms with Gasteiger partial charge in [-0.2, -0.15) is 13.2 Å². The van der Waals surface area contributed by atoms with Gasteiger partial charge >= 0.3 is 18.1 Å². The Labute approximate surface area is 105 Å². The fourth-order valence-corrected chi connectivity index (χ4v) is 1.51. The molecule has 0 aliphatic carbocycles. The molecule has 4 nitrogen and oxygen atoms in total. The zero-order valence-corrected chi connectivity index (χ0v) is 10.7. The Bertz CT molecular complexity index is 271. The van der Waals surface area contributed by atoms with Gasteiger partial charge in [-0.3, -0.25) is 9.59 Å². The molecule has 0 aliphatic rings. The van der Waals surface area contributed by atoms with Crippen LogP contribution in [0.3, 0.4) is 0 Å². The summed E-state index contributed by atoms with van der Waals surface area (Å²) in [5, 5.41) is 1.74. The van der Waals surface area contributed by atoms with Crippen LogP contribution in [-0.4, -0.2) is 36.5 Å². The highest BCUT2D eigenvalue weighted by atomic mass is 79.9. The third-order valence-electron chi connectivity index (χ3n) is 1.88. The maximum Gasteiger partial charge on any atom is 0.471 e. The number of carbonyl (C=O) groups excluding carboxylic acids is 2. The normalized spacial score (nSPS) is 13.0. The molecule has 0 bridgehead atoms. The molecule has 8 heteroatoms. The molecule has 0 fully saturated rings. The van der Waals surface area contributed by atoms with Crippen LogP contribution in [-0.2, 0) is 14.3 Å². The molecular formula is C9H13BrF3NO3. The summed E-state index contributed by atoms with van der Waals surface area (Å²) in [5.41, 5.74) is 0. The van der Waals surface area contributed by atoms with Crippen LogP contribution in [0.4, 0.5) is 13.2 Å². The number of nitrogens with one attached hydrogen (secondary N) is 1. The molecule has 0 aromatic heterocycles. The molecule has 1 N–H and O–H groups in total. The number of esters is 1. The molecule has 1 amide bonds. The van der Waals surface area contributed by atoms with E-state index in [9.17, 15) is 22.8 Å². The summed E-state index contributed by atoms with van der Waals surface area (Å²) in [7, 11) is 1.25.